The Balaban J connectivity index is 1.24. The number of anilines is 1. The first-order valence-electron chi connectivity index (χ1n) is 10.3. The zero-order valence-corrected chi connectivity index (χ0v) is 16.9. The summed E-state index contributed by atoms with van der Waals surface area (Å²) in [7, 11) is -0.945. The van der Waals surface area contributed by atoms with Crippen molar-refractivity contribution < 1.29 is 4.21 Å². The zero-order valence-electron chi connectivity index (χ0n) is 16.1. The summed E-state index contributed by atoms with van der Waals surface area (Å²) in [6, 6.07) is 17.1. The molecule has 2 atom stereocenters. The lowest BCUT2D eigenvalue weighted by atomic mass is 9.98. The highest BCUT2D eigenvalue weighted by molar-refractivity contribution is 7.87. The monoisotopic (exact) mass is 393 g/mol. The van der Waals surface area contributed by atoms with E-state index in [2.05, 4.69) is 63.3 Å². The van der Waals surface area contributed by atoms with Crippen molar-refractivity contribution in [3.8, 4) is 0 Å². The van der Waals surface area contributed by atoms with E-state index in [1.165, 1.54) is 34.9 Å². The van der Waals surface area contributed by atoms with Crippen molar-refractivity contribution in [3.63, 3.8) is 0 Å². The predicted molar refractivity (Wildman–Crippen MR) is 117 cm³/mol. The highest BCUT2D eigenvalue weighted by atomic mass is 32.2. The summed E-state index contributed by atoms with van der Waals surface area (Å²) in [4.78, 5) is 5.93. The number of nitrogens with zero attached hydrogens (tertiary/aromatic N) is 1. The van der Waals surface area contributed by atoms with E-state index in [0.29, 0.717) is 11.2 Å². The van der Waals surface area contributed by atoms with Crippen molar-refractivity contribution in [1.82, 2.24) is 9.88 Å². The molecule has 0 spiro atoms. The minimum absolute atomic E-state index is 0.335. The van der Waals surface area contributed by atoms with Gasteiger partial charge in [0.15, 0.2) is 0 Å². The van der Waals surface area contributed by atoms with E-state index in [0.717, 1.165) is 38.2 Å². The molecule has 2 aliphatic rings. The third-order valence-corrected chi connectivity index (χ3v) is 7.79. The molecule has 1 aromatic heterocycles. The van der Waals surface area contributed by atoms with E-state index < -0.39 is 11.0 Å². The molecule has 5 heteroatoms. The van der Waals surface area contributed by atoms with E-state index in [1.54, 1.807) is 0 Å². The summed E-state index contributed by atoms with van der Waals surface area (Å²) < 4.78 is 15.6. The minimum Gasteiger partial charge on any atom is -0.361 e. The fourth-order valence-electron chi connectivity index (χ4n) is 4.39. The van der Waals surface area contributed by atoms with Crippen LogP contribution in [-0.2, 0) is 17.5 Å². The maximum atomic E-state index is 12.4. The molecule has 1 aliphatic heterocycles. The van der Waals surface area contributed by atoms with Crippen LogP contribution in [0.3, 0.4) is 0 Å². The Bertz CT molecular complexity index is 994. The normalized spacial score (nSPS) is 21.6. The summed E-state index contributed by atoms with van der Waals surface area (Å²) in [6.45, 7) is 3.19. The lowest BCUT2D eigenvalue weighted by molar-refractivity contribution is 0.328. The second kappa shape index (κ2) is 7.72. The fraction of sp³-hybridized carbons (Fsp3) is 0.391. The molecule has 0 amide bonds. The van der Waals surface area contributed by atoms with Crippen molar-refractivity contribution in [3.05, 3.63) is 65.9 Å². The SMILES string of the molecule is O=S(Nc1cccc(C2CCN(Cc3c[nH]c4ccccc34)C2)c1)C1CCC1. The topological polar surface area (TPSA) is 48.1 Å². The predicted octanol–water partition coefficient (Wildman–Crippen LogP) is 4.79. The van der Waals surface area contributed by atoms with E-state index in [1.807, 2.05) is 6.07 Å². The largest absolute Gasteiger partial charge is 0.361 e. The van der Waals surface area contributed by atoms with Crippen LogP contribution >= 0.6 is 0 Å². The summed E-state index contributed by atoms with van der Waals surface area (Å²) in [5.41, 5.74) is 4.95. The molecular formula is C23H27N3OS. The molecule has 2 aromatic carbocycles. The molecule has 0 radical (unpaired) electrons. The number of rotatable bonds is 6. The number of hydrogen-bond acceptors (Lipinski definition) is 2. The summed E-state index contributed by atoms with van der Waals surface area (Å²) in [6.07, 6.45) is 6.72. The first-order valence-corrected chi connectivity index (χ1v) is 11.5. The van der Waals surface area contributed by atoms with Crippen LogP contribution in [0.2, 0.25) is 0 Å². The first kappa shape index (κ1) is 18.0. The molecule has 4 nitrogen and oxygen atoms in total. The Kier molecular flexibility index (Phi) is 4.95. The van der Waals surface area contributed by atoms with Crippen LogP contribution in [0, 0.1) is 0 Å². The number of likely N-dealkylation sites (tertiary alicyclic amines) is 1. The van der Waals surface area contributed by atoms with Gasteiger partial charge >= 0.3 is 0 Å². The van der Waals surface area contributed by atoms with Crippen LogP contribution < -0.4 is 4.72 Å². The number of H-pyrrole nitrogens is 1. The lowest BCUT2D eigenvalue weighted by Crippen LogP contribution is -2.27. The Hall–Kier alpha value is -2.11. The van der Waals surface area contributed by atoms with Gasteiger partial charge in [0, 0.05) is 35.9 Å². The van der Waals surface area contributed by atoms with Crippen molar-refractivity contribution in [2.24, 2.45) is 0 Å². The number of para-hydroxylation sites is 1. The summed E-state index contributed by atoms with van der Waals surface area (Å²) in [5, 5.41) is 1.66. The van der Waals surface area contributed by atoms with Gasteiger partial charge in [-0.1, -0.05) is 36.8 Å². The van der Waals surface area contributed by atoms with Gasteiger partial charge in [-0.3, -0.25) is 4.90 Å². The Labute approximate surface area is 168 Å². The van der Waals surface area contributed by atoms with Gasteiger partial charge in [-0.15, -0.1) is 0 Å². The third kappa shape index (κ3) is 3.61. The number of aromatic amines is 1. The third-order valence-electron chi connectivity index (χ3n) is 6.27. The molecule has 1 saturated carbocycles. The minimum atomic E-state index is -0.945. The molecule has 5 rings (SSSR count). The van der Waals surface area contributed by atoms with Gasteiger partial charge in [-0.25, -0.2) is 4.21 Å². The summed E-state index contributed by atoms with van der Waals surface area (Å²) >= 11 is 0. The fourth-order valence-corrected chi connectivity index (χ4v) is 5.68. The van der Waals surface area contributed by atoms with Crippen LogP contribution in [0.15, 0.2) is 54.7 Å². The van der Waals surface area contributed by atoms with Crippen LogP contribution in [0.25, 0.3) is 10.9 Å². The maximum absolute atomic E-state index is 12.4. The van der Waals surface area contributed by atoms with Crippen molar-refractivity contribution in [2.45, 2.75) is 43.4 Å². The lowest BCUT2D eigenvalue weighted by Gasteiger charge is -2.25. The average Bonchev–Trinajstić information content (AvgIpc) is 3.29. The molecule has 0 bridgehead atoms. The first-order chi connectivity index (χ1) is 13.8. The van der Waals surface area contributed by atoms with Gasteiger partial charge in [0.25, 0.3) is 0 Å². The van der Waals surface area contributed by atoms with Crippen molar-refractivity contribution >= 4 is 27.6 Å². The number of fused-ring (bicyclic) bond motifs is 1. The van der Waals surface area contributed by atoms with E-state index in [4.69, 9.17) is 0 Å². The van der Waals surface area contributed by atoms with Crippen LogP contribution in [-0.4, -0.2) is 32.4 Å². The number of benzene rings is 2. The molecule has 1 aliphatic carbocycles. The molecule has 2 heterocycles. The van der Waals surface area contributed by atoms with Gasteiger partial charge < -0.3 is 9.71 Å². The zero-order chi connectivity index (χ0) is 18.9. The van der Waals surface area contributed by atoms with Gasteiger partial charge in [0.2, 0.25) is 0 Å². The smallest absolute Gasteiger partial charge is 0.120 e. The molecule has 2 N–H and O–H groups in total. The Morgan fingerprint density at radius 2 is 2.00 bits per heavy atom. The molecule has 2 fully saturated rings. The molecular weight excluding hydrogens is 366 g/mol. The highest BCUT2D eigenvalue weighted by Crippen LogP contribution is 2.31. The van der Waals surface area contributed by atoms with Gasteiger partial charge in [-0.2, -0.15) is 0 Å². The van der Waals surface area contributed by atoms with E-state index >= 15 is 0 Å². The van der Waals surface area contributed by atoms with E-state index in [9.17, 15) is 4.21 Å². The van der Waals surface area contributed by atoms with Gasteiger partial charge in [0.1, 0.15) is 11.0 Å². The maximum Gasteiger partial charge on any atom is 0.120 e. The standard InChI is InChI=1S/C23H27N3OS/c27-28(21-7-4-8-21)25-20-6-3-5-17(13-20)18-11-12-26(15-18)16-19-14-24-23-10-2-1-9-22(19)23/h1-3,5-6,9-10,13-14,18,21,24-25H,4,7-8,11-12,15-16H2. The molecule has 1 saturated heterocycles. The van der Waals surface area contributed by atoms with Crippen molar-refractivity contribution in [2.75, 3.05) is 17.8 Å². The average molecular weight is 394 g/mol. The number of hydrogen-bond donors (Lipinski definition) is 2. The Morgan fingerprint density at radius 1 is 1.11 bits per heavy atom. The van der Waals surface area contributed by atoms with Crippen LogP contribution in [0.4, 0.5) is 5.69 Å². The number of nitrogens with one attached hydrogen (secondary N) is 2. The molecule has 2 unspecified atom stereocenters. The van der Waals surface area contributed by atoms with Gasteiger partial charge in [0.05, 0.1) is 5.25 Å². The molecule has 3 aromatic rings. The molecule has 146 valence electrons. The molecule has 28 heavy (non-hydrogen) atoms. The van der Waals surface area contributed by atoms with Gasteiger partial charge in [-0.05, 0) is 61.1 Å². The highest BCUT2D eigenvalue weighted by Gasteiger charge is 2.26. The second-order valence-electron chi connectivity index (χ2n) is 8.16. The van der Waals surface area contributed by atoms with Crippen LogP contribution in [0.1, 0.15) is 42.7 Å². The quantitative estimate of drug-likeness (QED) is 0.633. The van der Waals surface area contributed by atoms with E-state index in [-0.39, 0.29) is 0 Å². The second-order valence-corrected chi connectivity index (χ2v) is 9.62. The van der Waals surface area contributed by atoms with Crippen LogP contribution in [0.5, 0.6) is 0 Å². The Morgan fingerprint density at radius 3 is 2.86 bits per heavy atom. The van der Waals surface area contributed by atoms with Crippen molar-refractivity contribution in [1.29, 1.82) is 0 Å². The summed E-state index contributed by atoms with van der Waals surface area (Å²) in [5.74, 6) is 0.545. The number of aromatic nitrogens is 1.